The highest BCUT2D eigenvalue weighted by atomic mass is 35.5. The summed E-state index contributed by atoms with van der Waals surface area (Å²) >= 11 is 8.00. The lowest BCUT2D eigenvalue weighted by Gasteiger charge is -2.36. The van der Waals surface area contributed by atoms with Crippen LogP contribution in [0.15, 0.2) is 24.3 Å². The number of likely N-dealkylation sites (tertiary alicyclic amines) is 1. The van der Waals surface area contributed by atoms with Crippen molar-refractivity contribution in [3.8, 4) is 0 Å². The summed E-state index contributed by atoms with van der Waals surface area (Å²) in [7, 11) is 0. The number of hydrogen-bond donors (Lipinski definition) is 0. The van der Waals surface area contributed by atoms with Gasteiger partial charge in [0.05, 0.1) is 0 Å². The predicted octanol–water partition coefficient (Wildman–Crippen LogP) is 3.05. The van der Waals surface area contributed by atoms with Crippen molar-refractivity contribution < 1.29 is 4.79 Å². The summed E-state index contributed by atoms with van der Waals surface area (Å²) < 4.78 is 0. The SMILES string of the molecule is O=C1CCCN1CCN1CCSCC1c1ccc(Cl)cc1. The minimum absolute atomic E-state index is 0.324. The van der Waals surface area contributed by atoms with E-state index in [1.807, 2.05) is 28.8 Å². The molecule has 1 aromatic carbocycles. The standard InChI is InChI=1S/C16H21ClN2OS/c17-14-5-3-13(4-6-14)15-12-21-11-10-18(15)8-9-19-7-1-2-16(19)20/h3-6,15H,1-2,7-12H2. The monoisotopic (exact) mass is 324 g/mol. The molecule has 1 amide bonds. The molecule has 3 rings (SSSR count). The fourth-order valence-electron chi connectivity index (χ4n) is 3.09. The van der Waals surface area contributed by atoms with E-state index in [-0.39, 0.29) is 0 Å². The molecule has 2 aliphatic rings. The van der Waals surface area contributed by atoms with E-state index in [1.165, 1.54) is 11.3 Å². The third kappa shape index (κ3) is 3.74. The summed E-state index contributed by atoms with van der Waals surface area (Å²) in [6, 6.07) is 8.65. The van der Waals surface area contributed by atoms with Gasteiger partial charge in [-0.15, -0.1) is 0 Å². The summed E-state index contributed by atoms with van der Waals surface area (Å²) in [4.78, 5) is 16.3. The van der Waals surface area contributed by atoms with Crippen molar-refractivity contribution >= 4 is 29.3 Å². The Morgan fingerprint density at radius 3 is 2.71 bits per heavy atom. The van der Waals surface area contributed by atoms with Crippen molar-refractivity contribution in [1.29, 1.82) is 0 Å². The van der Waals surface area contributed by atoms with Crippen molar-refractivity contribution in [2.24, 2.45) is 0 Å². The molecule has 114 valence electrons. The lowest BCUT2D eigenvalue weighted by molar-refractivity contribution is -0.127. The van der Waals surface area contributed by atoms with Crippen LogP contribution in [0.4, 0.5) is 0 Å². The minimum Gasteiger partial charge on any atom is -0.341 e. The van der Waals surface area contributed by atoms with Crippen LogP contribution >= 0.6 is 23.4 Å². The van der Waals surface area contributed by atoms with Gasteiger partial charge in [-0.25, -0.2) is 0 Å². The third-order valence-electron chi connectivity index (χ3n) is 4.32. The van der Waals surface area contributed by atoms with Crippen molar-refractivity contribution in [2.45, 2.75) is 18.9 Å². The molecule has 0 bridgehead atoms. The number of amides is 1. The molecule has 3 nitrogen and oxygen atoms in total. The van der Waals surface area contributed by atoms with E-state index in [2.05, 4.69) is 17.0 Å². The lowest BCUT2D eigenvalue weighted by Crippen LogP contribution is -2.41. The zero-order valence-electron chi connectivity index (χ0n) is 12.1. The molecule has 2 saturated heterocycles. The molecule has 2 heterocycles. The summed E-state index contributed by atoms with van der Waals surface area (Å²) in [5.41, 5.74) is 1.33. The molecule has 0 aromatic heterocycles. The molecule has 0 spiro atoms. The van der Waals surface area contributed by atoms with E-state index in [4.69, 9.17) is 11.6 Å². The average Bonchev–Trinajstić information content (AvgIpc) is 2.92. The van der Waals surface area contributed by atoms with Gasteiger partial charge in [-0.2, -0.15) is 11.8 Å². The molecule has 2 aliphatic heterocycles. The van der Waals surface area contributed by atoms with Gasteiger partial charge in [-0.05, 0) is 24.1 Å². The Labute approximate surface area is 135 Å². The molecular formula is C16H21ClN2OS. The maximum atomic E-state index is 11.7. The van der Waals surface area contributed by atoms with Crippen molar-refractivity contribution in [2.75, 3.05) is 37.7 Å². The maximum absolute atomic E-state index is 11.7. The number of nitrogens with zero attached hydrogens (tertiary/aromatic N) is 2. The normalized spacial score (nSPS) is 23.8. The lowest BCUT2D eigenvalue weighted by atomic mass is 10.1. The number of rotatable bonds is 4. The minimum atomic E-state index is 0.324. The fourth-order valence-corrected chi connectivity index (χ4v) is 4.37. The van der Waals surface area contributed by atoms with Crippen LogP contribution in [-0.4, -0.2) is 53.4 Å². The number of thioether (sulfide) groups is 1. The van der Waals surface area contributed by atoms with Gasteiger partial charge < -0.3 is 4.90 Å². The van der Waals surface area contributed by atoms with Gasteiger partial charge in [0.15, 0.2) is 0 Å². The largest absolute Gasteiger partial charge is 0.341 e. The van der Waals surface area contributed by atoms with Crippen molar-refractivity contribution in [3.63, 3.8) is 0 Å². The smallest absolute Gasteiger partial charge is 0.222 e. The number of halogens is 1. The van der Waals surface area contributed by atoms with Gasteiger partial charge in [0.2, 0.25) is 5.91 Å². The Hall–Kier alpha value is -0.710. The second-order valence-electron chi connectivity index (χ2n) is 5.66. The molecule has 0 saturated carbocycles. The van der Waals surface area contributed by atoms with Gasteiger partial charge >= 0.3 is 0 Å². The van der Waals surface area contributed by atoms with Gasteiger partial charge in [0.1, 0.15) is 0 Å². The first-order valence-corrected chi connectivity index (χ1v) is 9.12. The van der Waals surface area contributed by atoms with Crippen LogP contribution in [0.5, 0.6) is 0 Å². The van der Waals surface area contributed by atoms with Gasteiger partial charge in [-0.3, -0.25) is 9.69 Å². The second kappa shape index (κ2) is 7.03. The number of hydrogen-bond acceptors (Lipinski definition) is 3. The Morgan fingerprint density at radius 1 is 1.19 bits per heavy atom. The zero-order valence-corrected chi connectivity index (χ0v) is 13.7. The third-order valence-corrected chi connectivity index (χ3v) is 5.60. The van der Waals surface area contributed by atoms with Crippen LogP contribution in [0.1, 0.15) is 24.4 Å². The van der Waals surface area contributed by atoms with E-state index in [0.717, 1.165) is 49.8 Å². The van der Waals surface area contributed by atoms with E-state index in [9.17, 15) is 4.79 Å². The van der Waals surface area contributed by atoms with Crippen LogP contribution in [0.2, 0.25) is 5.02 Å². The second-order valence-corrected chi connectivity index (χ2v) is 7.25. The molecule has 2 fully saturated rings. The van der Waals surface area contributed by atoms with Crippen molar-refractivity contribution in [3.05, 3.63) is 34.9 Å². The van der Waals surface area contributed by atoms with Gasteiger partial charge in [0, 0.05) is 55.2 Å². The first-order chi connectivity index (χ1) is 10.2. The molecular weight excluding hydrogens is 304 g/mol. The molecule has 0 N–H and O–H groups in total. The van der Waals surface area contributed by atoms with Crippen LogP contribution in [-0.2, 0) is 4.79 Å². The van der Waals surface area contributed by atoms with Crippen LogP contribution < -0.4 is 0 Å². The number of benzene rings is 1. The van der Waals surface area contributed by atoms with Crippen LogP contribution in [0, 0.1) is 0 Å². The molecule has 1 aromatic rings. The van der Waals surface area contributed by atoms with E-state index >= 15 is 0 Å². The highest BCUT2D eigenvalue weighted by molar-refractivity contribution is 7.99. The molecule has 0 aliphatic carbocycles. The number of carbonyl (C=O) groups excluding carboxylic acids is 1. The first kappa shape index (κ1) is 15.2. The Balaban J connectivity index is 1.63. The fraction of sp³-hybridized carbons (Fsp3) is 0.562. The Kier molecular flexibility index (Phi) is 5.09. The summed E-state index contributed by atoms with van der Waals surface area (Å²) in [5, 5.41) is 0.788. The number of carbonyl (C=O) groups is 1. The van der Waals surface area contributed by atoms with E-state index < -0.39 is 0 Å². The Bertz CT molecular complexity index is 494. The summed E-state index contributed by atoms with van der Waals surface area (Å²) in [5.74, 6) is 2.62. The quantitative estimate of drug-likeness (QED) is 0.850. The van der Waals surface area contributed by atoms with Gasteiger partial charge in [-0.1, -0.05) is 23.7 Å². The first-order valence-electron chi connectivity index (χ1n) is 7.59. The molecule has 1 atom stereocenters. The molecule has 21 heavy (non-hydrogen) atoms. The van der Waals surface area contributed by atoms with E-state index in [0.29, 0.717) is 11.9 Å². The Morgan fingerprint density at radius 2 is 2.00 bits per heavy atom. The molecule has 0 radical (unpaired) electrons. The highest BCUT2D eigenvalue weighted by Gasteiger charge is 2.26. The predicted molar refractivity (Wildman–Crippen MR) is 88.9 cm³/mol. The maximum Gasteiger partial charge on any atom is 0.222 e. The topological polar surface area (TPSA) is 23.6 Å². The zero-order chi connectivity index (χ0) is 14.7. The average molecular weight is 325 g/mol. The summed E-state index contributed by atoms with van der Waals surface area (Å²) in [6.07, 6.45) is 1.76. The molecule has 5 heteroatoms. The highest BCUT2D eigenvalue weighted by Crippen LogP contribution is 2.30. The molecule has 1 unspecified atom stereocenters. The van der Waals surface area contributed by atoms with Gasteiger partial charge in [0.25, 0.3) is 0 Å². The van der Waals surface area contributed by atoms with Crippen LogP contribution in [0.25, 0.3) is 0 Å². The summed E-state index contributed by atoms with van der Waals surface area (Å²) in [6.45, 7) is 3.88. The van der Waals surface area contributed by atoms with E-state index in [1.54, 1.807) is 0 Å². The van der Waals surface area contributed by atoms with Crippen molar-refractivity contribution in [1.82, 2.24) is 9.80 Å². The van der Waals surface area contributed by atoms with Crippen LogP contribution in [0.3, 0.4) is 0 Å².